The molecule has 10 aromatic rings. The molecule has 0 saturated heterocycles. The van der Waals surface area contributed by atoms with Gasteiger partial charge in [0.1, 0.15) is 0 Å². The molecule has 67 heavy (non-hydrogen) atoms. The fourth-order valence-electron chi connectivity index (χ4n) is 12.5. The van der Waals surface area contributed by atoms with Crippen molar-refractivity contribution in [2.75, 3.05) is 4.90 Å². The van der Waals surface area contributed by atoms with Gasteiger partial charge in [-0.15, -0.1) is 0 Å². The van der Waals surface area contributed by atoms with Crippen LogP contribution < -0.4 is 4.90 Å². The lowest BCUT2D eigenvalue weighted by Crippen LogP contribution is -2.23. The topological polar surface area (TPSA) is 3.24 Å². The molecular formula is C66H49N. The largest absolute Gasteiger partial charge is 0.310 e. The number of nitrogens with zero attached hydrogens (tertiary/aromatic N) is 1. The normalized spacial score (nSPS) is 19.1. The maximum absolute atomic E-state index is 2.54. The SMILES string of the molecule is CC1(c2ccccc2)c2ccccc2-c2ccc(-c3ccccc3N(c3ccc4c(c3)C(C)(c3ccccc3)c3ccccc3-4)c3ccc4c(c3)C(C)(c3ccccc3)c3ccccc3-4)cc21. The molecule has 0 saturated carbocycles. The van der Waals surface area contributed by atoms with Crippen LogP contribution in [0.5, 0.6) is 0 Å². The van der Waals surface area contributed by atoms with Crippen LogP contribution in [-0.2, 0) is 16.2 Å². The lowest BCUT2D eigenvalue weighted by Gasteiger charge is -2.33. The molecule has 13 rings (SSSR count). The zero-order chi connectivity index (χ0) is 44.9. The van der Waals surface area contributed by atoms with E-state index in [2.05, 4.69) is 268 Å². The molecule has 0 bridgehead atoms. The number of benzene rings is 10. The summed E-state index contributed by atoms with van der Waals surface area (Å²) in [5.41, 5.74) is 24.4. The van der Waals surface area contributed by atoms with Crippen LogP contribution in [0.25, 0.3) is 44.5 Å². The highest BCUT2D eigenvalue weighted by atomic mass is 15.1. The molecule has 0 aliphatic heterocycles. The van der Waals surface area contributed by atoms with E-state index in [9.17, 15) is 0 Å². The lowest BCUT2D eigenvalue weighted by atomic mass is 9.74. The van der Waals surface area contributed by atoms with Gasteiger partial charge in [-0.2, -0.15) is 0 Å². The van der Waals surface area contributed by atoms with E-state index in [-0.39, 0.29) is 16.2 Å². The second kappa shape index (κ2) is 14.8. The first-order chi connectivity index (χ1) is 32.9. The Labute approximate surface area is 394 Å². The Bertz CT molecular complexity index is 3430. The van der Waals surface area contributed by atoms with E-state index >= 15 is 0 Å². The van der Waals surface area contributed by atoms with Crippen molar-refractivity contribution in [3.8, 4) is 44.5 Å². The first-order valence-electron chi connectivity index (χ1n) is 23.7. The highest BCUT2D eigenvalue weighted by Crippen LogP contribution is 2.58. The zero-order valence-electron chi connectivity index (χ0n) is 38.0. The molecule has 3 unspecified atom stereocenters. The molecule has 1 nitrogen and oxygen atoms in total. The van der Waals surface area contributed by atoms with Gasteiger partial charge >= 0.3 is 0 Å². The Morgan fingerprint density at radius 3 is 0.985 bits per heavy atom. The molecule has 318 valence electrons. The Morgan fingerprint density at radius 1 is 0.254 bits per heavy atom. The third-order valence-electron chi connectivity index (χ3n) is 15.9. The van der Waals surface area contributed by atoms with E-state index in [0.717, 1.165) is 17.1 Å². The number of anilines is 3. The number of fused-ring (bicyclic) bond motifs is 9. The summed E-state index contributed by atoms with van der Waals surface area (Å²) in [5, 5.41) is 0. The lowest BCUT2D eigenvalue weighted by molar-refractivity contribution is 0.713. The van der Waals surface area contributed by atoms with Gasteiger partial charge in [-0.05, 0) is 146 Å². The van der Waals surface area contributed by atoms with Gasteiger partial charge in [-0.3, -0.25) is 0 Å². The molecule has 0 N–H and O–H groups in total. The van der Waals surface area contributed by atoms with Crippen LogP contribution in [0.4, 0.5) is 17.1 Å². The molecule has 0 radical (unpaired) electrons. The molecule has 3 atom stereocenters. The molecule has 0 aromatic heterocycles. The quantitative estimate of drug-likeness (QED) is 0.154. The van der Waals surface area contributed by atoms with Crippen molar-refractivity contribution in [1.29, 1.82) is 0 Å². The molecule has 0 spiro atoms. The molecule has 1 heteroatoms. The van der Waals surface area contributed by atoms with E-state index in [1.807, 2.05) is 0 Å². The van der Waals surface area contributed by atoms with Gasteiger partial charge in [0.05, 0.1) is 5.69 Å². The minimum atomic E-state index is -0.350. The predicted octanol–water partition coefficient (Wildman–Crippen LogP) is 16.8. The van der Waals surface area contributed by atoms with Gasteiger partial charge in [0.25, 0.3) is 0 Å². The Hall–Kier alpha value is -8.00. The number of para-hydroxylation sites is 1. The maximum atomic E-state index is 2.54. The van der Waals surface area contributed by atoms with E-state index in [1.165, 1.54) is 94.6 Å². The first-order valence-corrected chi connectivity index (χ1v) is 23.7. The molecule has 0 amide bonds. The van der Waals surface area contributed by atoms with E-state index < -0.39 is 0 Å². The minimum Gasteiger partial charge on any atom is -0.310 e. The van der Waals surface area contributed by atoms with Crippen molar-refractivity contribution in [3.05, 3.63) is 293 Å². The standard InChI is InChI=1S/C66H49N/c1-64(45-21-7-4-8-22-45)57-31-17-13-28-51(57)54-38-35-44(41-60(54)64)50-27-16-20-34-63(50)67(48-36-39-55-52-29-14-18-32-58(52)65(2,61(55)42-48)46-23-9-5-10-24-46)49-37-40-56-53-30-15-19-33-59(53)66(3,62(56)43-49)47-25-11-6-12-26-47/h4-43H,1-3H3. The summed E-state index contributed by atoms with van der Waals surface area (Å²) in [7, 11) is 0. The molecule has 0 heterocycles. The summed E-state index contributed by atoms with van der Waals surface area (Å²) < 4.78 is 0. The molecule has 3 aliphatic rings. The van der Waals surface area contributed by atoms with E-state index in [0.29, 0.717) is 0 Å². The average molecular weight is 856 g/mol. The van der Waals surface area contributed by atoms with Crippen molar-refractivity contribution in [1.82, 2.24) is 0 Å². The van der Waals surface area contributed by atoms with Crippen molar-refractivity contribution in [3.63, 3.8) is 0 Å². The van der Waals surface area contributed by atoms with Gasteiger partial charge in [0, 0.05) is 33.2 Å². The van der Waals surface area contributed by atoms with Gasteiger partial charge in [0.2, 0.25) is 0 Å². The average Bonchev–Trinajstić information content (AvgIpc) is 3.93. The van der Waals surface area contributed by atoms with Gasteiger partial charge in [-0.25, -0.2) is 0 Å². The monoisotopic (exact) mass is 855 g/mol. The van der Waals surface area contributed by atoms with Crippen molar-refractivity contribution in [2.24, 2.45) is 0 Å². The molecule has 0 fully saturated rings. The van der Waals surface area contributed by atoms with Crippen LogP contribution in [0.3, 0.4) is 0 Å². The van der Waals surface area contributed by atoms with Crippen LogP contribution in [0, 0.1) is 0 Å². The fourth-order valence-corrected chi connectivity index (χ4v) is 12.5. The third-order valence-corrected chi connectivity index (χ3v) is 15.9. The van der Waals surface area contributed by atoms with Crippen LogP contribution >= 0.6 is 0 Å². The molecule has 10 aromatic carbocycles. The van der Waals surface area contributed by atoms with Crippen LogP contribution in [0.2, 0.25) is 0 Å². The summed E-state index contributed by atoms with van der Waals surface area (Å²) in [5.74, 6) is 0. The smallest absolute Gasteiger partial charge is 0.0540 e. The summed E-state index contributed by atoms with van der Waals surface area (Å²) in [6, 6.07) is 90.9. The summed E-state index contributed by atoms with van der Waals surface area (Å²) in [4.78, 5) is 2.54. The number of hydrogen-bond donors (Lipinski definition) is 0. The van der Waals surface area contributed by atoms with Crippen molar-refractivity contribution >= 4 is 17.1 Å². The summed E-state index contributed by atoms with van der Waals surface area (Å²) >= 11 is 0. The van der Waals surface area contributed by atoms with Crippen LogP contribution in [0.1, 0.15) is 70.8 Å². The predicted molar refractivity (Wildman–Crippen MR) is 279 cm³/mol. The Morgan fingerprint density at radius 2 is 0.567 bits per heavy atom. The second-order valence-corrected chi connectivity index (χ2v) is 19.2. The maximum Gasteiger partial charge on any atom is 0.0540 e. The molecule has 3 aliphatic carbocycles. The minimum absolute atomic E-state index is 0.314. The second-order valence-electron chi connectivity index (χ2n) is 19.2. The highest BCUT2D eigenvalue weighted by molar-refractivity contribution is 5.95. The summed E-state index contributed by atoms with van der Waals surface area (Å²) in [6.45, 7) is 7.24. The summed E-state index contributed by atoms with van der Waals surface area (Å²) in [6.07, 6.45) is 0. The number of rotatable bonds is 7. The van der Waals surface area contributed by atoms with Crippen molar-refractivity contribution in [2.45, 2.75) is 37.0 Å². The third kappa shape index (κ3) is 5.55. The Balaban J connectivity index is 1.05. The van der Waals surface area contributed by atoms with Gasteiger partial charge in [-0.1, -0.05) is 206 Å². The van der Waals surface area contributed by atoms with Gasteiger partial charge < -0.3 is 4.90 Å². The van der Waals surface area contributed by atoms with E-state index in [4.69, 9.17) is 0 Å². The van der Waals surface area contributed by atoms with Gasteiger partial charge in [0.15, 0.2) is 0 Å². The zero-order valence-corrected chi connectivity index (χ0v) is 38.0. The molecular weight excluding hydrogens is 807 g/mol. The van der Waals surface area contributed by atoms with Crippen LogP contribution in [-0.4, -0.2) is 0 Å². The number of hydrogen-bond acceptors (Lipinski definition) is 1. The fraction of sp³-hybridized carbons (Fsp3) is 0.0909. The van der Waals surface area contributed by atoms with Crippen molar-refractivity contribution < 1.29 is 0 Å². The Kier molecular flexibility index (Phi) is 8.67. The first kappa shape index (κ1) is 39.4. The van der Waals surface area contributed by atoms with E-state index in [1.54, 1.807) is 0 Å². The highest BCUT2D eigenvalue weighted by Gasteiger charge is 2.44. The van der Waals surface area contributed by atoms with Crippen LogP contribution in [0.15, 0.2) is 243 Å².